The number of nitrogens with one attached hydrogen (secondary N) is 1. The molecule has 3 heteroatoms. The molecule has 3 nitrogen and oxygen atoms in total. The van der Waals surface area contributed by atoms with E-state index in [1.165, 1.54) is 38.5 Å². The number of unbranched alkanes of at least 4 members (excludes halogenated alkanes) is 3. The van der Waals surface area contributed by atoms with Gasteiger partial charge in [0.1, 0.15) is 0 Å². The second-order valence-electron chi connectivity index (χ2n) is 4.80. The van der Waals surface area contributed by atoms with E-state index in [9.17, 15) is 4.79 Å². The number of hydrogen-bond acceptors (Lipinski definition) is 3. The van der Waals surface area contributed by atoms with Crippen molar-refractivity contribution in [3.05, 3.63) is 0 Å². The first-order chi connectivity index (χ1) is 7.72. The summed E-state index contributed by atoms with van der Waals surface area (Å²) in [5.74, 6) is -0.102. The topological polar surface area (TPSA) is 38.3 Å². The average Bonchev–Trinajstić information content (AvgIpc) is 3.05. The fourth-order valence-corrected chi connectivity index (χ4v) is 1.70. The van der Waals surface area contributed by atoms with Gasteiger partial charge in [0.2, 0.25) is 0 Å². The summed E-state index contributed by atoms with van der Waals surface area (Å²) in [5.41, 5.74) is 0. The van der Waals surface area contributed by atoms with Crippen LogP contribution in [0.4, 0.5) is 0 Å². The van der Waals surface area contributed by atoms with E-state index >= 15 is 0 Å². The van der Waals surface area contributed by atoms with Crippen molar-refractivity contribution in [2.75, 3.05) is 6.54 Å². The van der Waals surface area contributed by atoms with Gasteiger partial charge in [-0.1, -0.05) is 26.2 Å². The maximum Gasteiger partial charge on any atom is 0.320 e. The van der Waals surface area contributed by atoms with Crippen LogP contribution in [0.1, 0.15) is 58.8 Å². The SMILES string of the molecule is CCCCCCC(C)OC(=O)CNC1CC1. The van der Waals surface area contributed by atoms with Crippen LogP contribution >= 0.6 is 0 Å². The van der Waals surface area contributed by atoms with Crippen molar-refractivity contribution in [2.24, 2.45) is 0 Å². The molecule has 0 aromatic rings. The maximum atomic E-state index is 11.4. The van der Waals surface area contributed by atoms with Crippen molar-refractivity contribution in [3.63, 3.8) is 0 Å². The van der Waals surface area contributed by atoms with Gasteiger partial charge in [0.25, 0.3) is 0 Å². The van der Waals surface area contributed by atoms with Gasteiger partial charge in [-0.2, -0.15) is 0 Å². The van der Waals surface area contributed by atoms with E-state index < -0.39 is 0 Å². The number of esters is 1. The van der Waals surface area contributed by atoms with Gasteiger partial charge in [0.05, 0.1) is 12.6 Å². The first-order valence-electron chi connectivity index (χ1n) is 6.65. The Hall–Kier alpha value is -0.570. The highest BCUT2D eigenvalue weighted by molar-refractivity contribution is 5.71. The molecule has 1 N–H and O–H groups in total. The highest BCUT2D eigenvalue weighted by atomic mass is 16.5. The fraction of sp³-hybridized carbons (Fsp3) is 0.923. The van der Waals surface area contributed by atoms with Gasteiger partial charge in [0, 0.05) is 6.04 Å². The molecule has 0 aliphatic heterocycles. The Bertz CT molecular complexity index is 202. The molecular formula is C13H25NO2. The zero-order chi connectivity index (χ0) is 11.8. The van der Waals surface area contributed by atoms with Crippen molar-refractivity contribution in [1.29, 1.82) is 0 Å². The Balaban J connectivity index is 1.94. The number of carbonyl (C=O) groups is 1. The minimum Gasteiger partial charge on any atom is -0.462 e. The van der Waals surface area contributed by atoms with Crippen LogP contribution in [0.2, 0.25) is 0 Å². The van der Waals surface area contributed by atoms with Crippen LogP contribution in [-0.4, -0.2) is 24.7 Å². The van der Waals surface area contributed by atoms with E-state index in [2.05, 4.69) is 12.2 Å². The summed E-state index contributed by atoms with van der Waals surface area (Å²) in [6.45, 7) is 4.57. The summed E-state index contributed by atoms with van der Waals surface area (Å²) in [6.07, 6.45) is 8.43. The van der Waals surface area contributed by atoms with Gasteiger partial charge in [-0.25, -0.2) is 0 Å². The summed E-state index contributed by atoms with van der Waals surface area (Å²) < 4.78 is 5.31. The molecule has 0 spiro atoms. The predicted molar refractivity (Wildman–Crippen MR) is 65.3 cm³/mol. The lowest BCUT2D eigenvalue weighted by Gasteiger charge is -2.13. The summed E-state index contributed by atoms with van der Waals surface area (Å²) >= 11 is 0. The monoisotopic (exact) mass is 227 g/mol. The first kappa shape index (κ1) is 13.5. The number of hydrogen-bond donors (Lipinski definition) is 1. The second-order valence-corrected chi connectivity index (χ2v) is 4.80. The van der Waals surface area contributed by atoms with Gasteiger partial charge < -0.3 is 10.1 Å². The molecule has 16 heavy (non-hydrogen) atoms. The van der Waals surface area contributed by atoms with Crippen molar-refractivity contribution >= 4 is 5.97 Å². The van der Waals surface area contributed by atoms with E-state index in [-0.39, 0.29) is 12.1 Å². The van der Waals surface area contributed by atoms with E-state index in [0.29, 0.717) is 12.6 Å². The fourth-order valence-electron chi connectivity index (χ4n) is 1.70. The highest BCUT2D eigenvalue weighted by Gasteiger charge is 2.21. The molecule has 1 atom stereocenters. The molecule has 1 aliphatic rings. The minimum absolute atomic E-state index is 0.0744. The smallest absolute Gasteiger partial charge is 0.320 e. The third-order valence-corrected chi connectivity index (χ3v) is 2.91. The molecule has 0 bridgehead atoms. The summed E-state index contributed by atoms with van der Waals surface area (Å²) in [5, 5.41) is 3.16. The van der Waals surface area contributed by atoms with E-state index in [4.69, 9.17) is 4.74 Å². The molecule has 0 aromatic heterocycles. The third kappa shape index (κ3) is 6.83. The Morgan fingerprint density at radius 3 is 2.75 bits per heavy atom. The maximum absolute atomic E-state index is 11.4. The second kappa shape index (κ2) is 7.66. The Labute approximate surface area is 98.9 Å². The standard InChI is InChI=1S/C13H25NO2/c1-3-4-5-6-7-11(2)16-13(15)10-14-12-8-9-12/h11-12,14H,3-10H2,1-2H3. The third-order valence-electron chi connectivity index (χ3n) is 2.91. The van der Waals surface area contributed by atoms with Crippen molar-refractivity contribution in [1.82, 2.24) is 5.32 Å². The Morgan fingerprint density at radius 2 is 2.12 bits per heavy atom. The first-order valence-corrected chi connectivity index (χ1v) is 6.65. The number of rotatable bonds is 9. The largest absolute Gasteiger partial charge is 0.462 e. The molecule has 94 valence electrons. The molecule has 1 aliphatic carbocycles. The lowest BCUT2D eigenvalue weighted by atomic mass is 10.1. The van der Waals surface area contributed by atoms with E-state index in [0.717, 1.165) is 6.42 Å². The zero-order valence-electron chi connectivity index (χ0n) is 10.6. The van der Waals surface area contributed by atoms with Crippen molar-refractivity contribution < 1.29 is 9.53 Å². The van der Waals surface area contributed by atoms with Gasteiger partial charge in [-0.3, -0.25) is 4.79 Å². The predicted octanol–water partition coefficient (Wildman–Crippen LogP) is 2.64. The molecule has 0 heterocycles. The van der Waals surface area contributed by atoms with Gasteiger partial charge in [-0.15, -0.1) is 0 Å². The van der Waals surface area contributed by atoms with Gasteiger partial charge in [-0.05, 0) is 32.6 Å². The van der Waals surface area contributed by atoms with Crippen LogP contribution in [0, 0.1) is 0 Å². The van der Waals surface area contributed by atoms with E-state index in [1.807, 2.05) is 6.92 Å². The summed E-state index contributed by atoms with van der Waals surface area (Å²) in [4.78, 5) is 11.4. The van der Waals surface area contributed by atoms with Crippen LogP contribution in [0.5, 0.6) is 0 Å². The van der Waals surface area contributed by atoms with Gasteiger partial charge >= 0.3 is 5.97 Å². The quantitative estimate of drug-likeness (QED) is 0.486. The molecule has 1 saturated carbocycles. The number of ether oxygens (including phenoxy) is 1. The van der Waals surface area contributed by atoms with Gasteiger partial charge in [0.15, 0.2) is 0 Å². The Morgan fingerprint density at radius 1 is 1.38 bits per heavy atom. The molecular weight excluding hydrogens is 202 g/mol. The normalized spacial score (nSPS) is 17.1. The molecule has 0 saturated heterocycles. The molecule has 1 rings (SSSR count). The summed E-state index contributed by atoms with van der Waals surface area (Å²) in [6, 6.07) is 0.576. The van der Waals surface area contributed by atoms with Crippen molar-refractivity contribution in [2.45, 2.75) is 70.9 Å². The molecule has 0 amide bonds. The van der Waals surface area contributed by atoms with Crippen LogP contribution < -0.4 is 5.32 Å². The van der Waals surface area contributed by atoms with Crippen LogP contribution in [0.25, 0.3) is 0 Å². The van der Waals surface area contributed by atoms with Crippen LogP contribution in [0.3, 0.4) is 0 Å². The van der Waals surface area contributed by atoms with Crippen LogP contribution in [0.15, 0.2) is 0 Å². The lowest BCUT2D eigenvalue weighted by Crippen LogP contribution is -2.28. The minimum atomic E-state index is -0.102. The molecule has 0 radical (unpaired) electrons. The van der Waals surface area contributed by atoms with Crippen LogP contribution in [-0.2, 0) is 9.53 Å². The average molecular weight is 227 g/mol. The number of carbonyl (C=O) groups excluding carboxylic acids is 1. The molecule has 0 aromatic carbocycles. The highest BCUT2D eigenvalue weighted by Crippen LogP contribution is 2.18. The Kier molecular flexibility index (Phi) is 6.46. The van der Waals surface area contributed by atoms with E-state index in [1.54, 1.807) is 0 Å². The van der Waals surface area contributed by atoms with Crippen molar-refractivity contribution in [3.8, 4) is 0 Å². The molecule has 1 unspecified atom stereocenters. The zero-order valence-corrected chi connectivity index (χ0v) is 10.6. The summed E-state index contributed by atoms with van der Waals surface area (Å²) in [7, 11) is 0. The molecule has 1 fully saturated rings. The lowest BCUT2D eigenvalue weighted by molar-refractivity contribution is -0.147.